The number of aromatic nitrogens is 2. The van der Waals surface area contributed by atoms with Gasteiger partial charge in [0.2, 0.25) is 5.91 Å². The highest BCUT2D eigenvalue weighted by molar-refractivity contribution is 5.84. The summed E-state index contributed by atoms with van der Waals surface area (Å²) < 4.78 is 1.38. The number of H-pyrrole nitrogens is 1. The van der Waals surface area contributed by atoms with Crippen molar-refractivity contribution in [1.29, 1.82) is 0 Å². The van der Waals surface area contributed by atoms with Crippen molar-refractivity contribution in [2.75, 3.05) is 13.1 Å². The van der Waals surface area contributed by atoms with Crippen molar-refractivity contribution in [2.24, 2.45) is 5.41 Å². The summed E-state index contributed by atoms with van der Waals surface area (Å²) in [5, 5.41) is 6.09. The molecule has 1 atom stereocenters. The SMILES string of the molecule is O=C(NCCn1ccc(=O)[nH]c1=O)C1NCC12CCCC2. The average Bonchev–Trinajstić information content (AvgIpc) is 2.92. The molecule has 1 aliphatic carbocycles. The van der Waals surface area contributed by atoms with E-state index in [1.54, 1.807) is 0 Å². The van der Waals surface area contributed by atoms with E-state index in [4.69, 9.17) is 0 Å². The normalized spacial score (nSPS) is 23.0. The lowest BCUT2D eigenvalue weighted by Crippen LogP contribution is -2.67. The molecule has 7 heteroatoms. The van der Waals surface area contributed by atoms with E-state index in [9.17, 15) is 14.4 Å². The van der Waals surface area contributed by atoms with E-state index in [0.717, 1.165) is 19.4 Å². The number of hydrogen-bond acceptors (Lipinski definition) is 4. The maximum absolute atomic E-state index is 12.2. The number of nitrogens with one attached hydrogen (secondary N) is 3. The van der Waals surface area contributed by atoms with Gasteiger partial charge in [0.05, 0.1) is 6.04 Å². The van der Waals surface area contributed by atoms with Crippen LogP contribution in [0, 0.1) is 5.41 Å². The van der Waals surface area contributed by atoms with Gasteiger partial charge in [-0.3, -0.25) is 19.1 Å². The molecule has 2 fully saturated rings. The van der Waals surface area contributed by atoms with Crippen LogP contribution in [0.5, 0.6) is 0 Å². The first-order valence-electron chi connectivity index (χ1n) is 7.42. The van der Waals surface area contributed by atoms with Crippen molar-refractivity contribution >= 4 is 5.91 Å². The molecule has 21 heavy (non-hydrogen) atoms. The summed E-state index contributed by atoms with van der Waals surface area (Å²) in [6.45, 7) is 1.66. The van der Waals surface area contributed by atoms with Gasteiger partial charge >= 0.3 is 5.69 Å². The monoisotopic (exact) mass is 292 g/mol. The van der Waals surface area contributed by atoms with E-state index >= 15 is 0 Å². The van der Waals surface area contributed by atoms with E-state index in [1.807, 2.05) is 0 Å². The van der Waals surface area contributed by atoms with Crippen molar-refractivity contribution in [3.05, 3.63) is 33.1 Å². The summed E-state index contributed by atoms with van der Waals surface area (Å²) in [5.41, 5.74) is -0.702. The second kappa shape index (κ2) is 5.48. The van der Waals surface area contributed by atoms with Gasteiger partial charge in [-0.2, -0.15) is 0 Å². The molecule has 1 spiro atoms. The van der Waals surface area contributed by atoms with Crippen molar-refractivity contribution in [1.82, 2.24) is 20.2 Å². The standard InChI is InChI=1S/C14H20N4O3/c19-10-3-7-18(13(21)17-10)8-6-15-12(20)11-14(9-16-11)4-1-2-5-14/h3,7,11,16H,1-2,4-6,8-9H2,(H,15,20)(H,17,19,21). The van der Waals surface area contributed by atoms with Gasteiger partial charge in [0.1, 0.15) is 0 Å². The molecule has 0 radical (unpaired) electrons. The smallest absolute Gasteiger partial charge is 0.328 e. The molecule has 7 nitrogen and oxygen atoms in total. The van der Waals surface area contributed by atoms with Crippen LogP contribution < -0.4 is 21.9 Å². The third-order valence-electron chi connectivity index (χ3n) is 4.68. The molecule has 1 saturated carbocycles. The molecule has 114 valence electrons. The Kier molecular flexibility index (Phi) is 3.67. The second-order valence-corrected chi connectivity index (χ2v) is 5.98. The minimum absolute atomic E-state index is 0.0145. The summed E-state index contributed by atoms with van der Waals surface area (Å²) in [7, 11) is 0. The van der Waals surface area contributed by atoms with Crippen LogP contribution in [0.3, 0.4) is 0 Å². The van der Waals surface area contributed by atoms with Gasteiger partial charge in [0.15, 0.2) is 0 Å². The number of hydrogen-bond donors (Lipinski definition) is 3. The molecule has 2 aliphatic rings. The van der Waals surface area contributed by atoms with Crippen molar-refractivity contribution in [3.63, 3.8) is 0 Å². The highest BCUT2D eigenvalue weighted by Crippen LogP contribution is 2.45. The maximum Gasteiger partial charge on any atom is 0.328 e. The molecule has 3 N–H and O–H groups in total. The summed E-state index contributed by atoms with van der Waals surface area (Å²) >= 11 is 0. The molecule has 3 rings (SSSR count). The van der Waals surface area contributed by atoms with E-state index in [2.05, 4.69) is 15.6 Å². The Morgan fingerprint density at radius 2 is 2.14 bits per heavy atom. The number of aromatic amines is 1. The number of amides is 1. The minimum Gasteiger partial charge on any atom is -0.353 e. The Bertz CT molecular complexity index is 642. The Morgan fingerprint density at radius 1 is 1.38 bits per heavy atom. The van der Waals surface area contributed by atoms with Gasteiger partial charge in [0, 0.05) is 37.3 Å². The summed E-state index contributed by atoms with van der Waals surface area (Å²) in [4.78, 5) is 36.8. The molecular weight excluding hydrogens is 272 g/mol. The van der Waals surface area contributed by atoms with Crippen LogP contribution in [0.1, 0.15) is 25.7 Å². The second-order valence-electron chi connectivity index (χ2n) is 5.98. The quantitative estimate of drug-likeness (QED) is 0.676. The topological polar surface area (TPSA) is 96.0 Å². The van der Waals surface area contributed by atoms with Gasteiger partial charge < -0.3 is 10.6 Å². The summed E-state index contributed by atoms with van der Waals surface area (Å²) in [6, 6.07) is 1.21. The van der Waals surface area contributed by atoms with Crippen molar-refractivity contribution in [3.8, 4) is 0 Å². The highest BCUT2D eigenvalue weighted by atomic mass is 16.2. The fraction of sp³-hybridized carbons (Fsp3) is 0.643. The first-order chi connectivity index (χ1) is 10.1. The molecule has 1 aromatic heterocycles. The lowest BCUT2D eigenvalue weighted by molar-refractivity contribution is -0.130. The van der Waals surface area contributed by atoms with E-state index < -0.39 is 11.2 Å². The van der Waals surface area contributed by atoms with Crippen molar-refractivity contribution < 1.29 is 4.79 Å². The fourth-order valence-electron chi connectivity index (χ4n) is 3.43. The van der Waals surface area contributed by atoms with E-state index in [-0.39, 0.29) is 17.4 Å². The minimum atomic E-state index is -0.453. The number of rotatable bonds is 4. The zero-order valence-electron chi connectivity index (χ0n) is 11.9. The van der Waals surface area contributed by atoms with Gasteiger partial charge in [-0.25, -0.2) is 4.79 Å². The predicted octanol–water partition coefficient (Wildman–Crippen LogP) is -0.815. The van der Waals surface area contributed by atoms with E-state index in [1.165, 1.54) is 29.7 Å². The Balaban J connectivity index is 1.52. The summed E-state index contributed by atoms with van der Waals surface area (Å²) in [6.07, 6.45) is 6.10. The van der Waals surface area contributed by atoms with Gasteiger partial charge in [0.25, 0.3) is 5.56 Å². The van der Waals surface area contributed by atoms with Gasteiger partial charge in [-0.05, 0) is 12.8 Å². The van der Waals surface area contributed by atoms with E-state index in [0.29, 0.717) is 13.1 Å². The van der Waals surface area contributed by atoms with Crippen LogP contribution in [-0.2, 0) is 11.3 Å². The lowest BCUT2D eigenvalue weighted by Gasteiger charge is -2.47. The Labute approximate surface area is 121 Å². The number of nitrogens with zero attached hydrogens (tertiary/aromatic N) is 1. The van der Waals surface area contributed by atoms with Crippen LogP contribution in [0.15, 0.2) is 21.9 Å². The van der Waals surface area contributed by atoms with Crippen LogP contribution in [0.2, 0.25) is 0 Å². The van der Waals surface area contributed by atoms with Crippen LogP contribution in [0.4, 0.5) is 0 Å². The maximum atomic E-state index is 12.2. The number of carbonyl (C=O) groups excluding carboxylic acids is 1. The predicted molar refractivity (Wildman–Crippen MR) is 77.0 cm³/mol. The van der Waals surface area contributed by atoms with Crippen LogP contribution in [-0.4, -0.2) is 34.6 Å². The van der Waals surface area contributed by atoms with Gasteiger partial charge in [-0.15, -0.1) is 0 Å². The third kappa shape index (κ3) is 2.65. The molecule has 1 unspecified atom stereocenters. The largest absolute Gasteiger partial charge is 0.353 e. The fourth-order valence-corrected chi connectivity index (χ4v) is 3.43. The first-order valence-corrected chi connectivity index (χ1v) is 7.42. The first kappa shape index (κ1) is 14.1. The zero-order chi connectivity index (χ0) is 14.9. The molecule has 1 aliphatic heterocycles. The average molecular weight is 292 g/mol. The molecule has 0 aromatic carbocycles. The van der Waals surface area contributed by atoms with Crippen LogP contribution in [0.25, 0.3) is 0 Å². The molecule has 1 saturated heterocycles. The summed E-state index contributed by atoms with van der Waals surface area (Å²) in [5.74, 6) is 0.0145. The highest BCUT2D eigenvalue weighted by Gasteiger charge is 2.51. The number of carbonyl (C=O) groups is 1. The van der Waals surface area contributed by atoms with Crippen molar-refractivity contribution in [2.45, 2.75) is 38.3 Å². The zero-order valence-corrected chi connectivity index (χ0v) is 11.9. The Morgan fingerprint density at radius 3 is 2.76 bits per heavy atom. The molecule has 1 aromatic rings. The molecular formula is C14H20N4O3. The van der Waals surface area contributed by atoms with Crippen LogP contribution >= 0.6 is 0 Å². The molecule has 0 bridgehead atoms. The molecule has 1 amide bonds. The third-order valence-corrected chi connectivity index (χ3v) is 4.68. The Hall–Kier alpha value is -1.89. The van der Waals surface area contributed by atoms with Gasteiger partial charge in [-0.1, -0.05) is 12.8 Å². The lowest BCUT2D eigenvalue weighted by atomic mass is 9.71. The molecule has 2 heterocycles.